The molecule has 2 rings (SSSR count). The van der Waals surface area contributed by atoms with Crippen molar-refractivity contribution in [2.75, 3.05) is 12.4 Å². The molecule has 2 heterocycles. The summed E-state index contributed by atoms with van der Waals surface area (Å²) in [6.45, 7) is 2.13. The molecule has 90 valence electrons. The molecule has 0 amide bonds. The maximum Gasteiger partial charge on any atom is 0.184 e. The van der Waals surface area contributed by atoms with Crippen LogP contribution in [0.25, 0.3) is 11.5 Å². The van der Waals surface area contributed by atoms with Crippen LogP contribution in [-0.2, 0) is 6.42 Å². The highest BCUT2D eigenvalue weighted by molar-refractivity contribution is 14.1. The fraction of sp³-hybridized carbons (Fsp3) is 0.400. The minimum absolute atomic E-state index is 0.604. The first kappa shape index (κ1) is 12.2. The highest BCUT2D eigenvalue weighted by Gasteiger charge is 2.13. The molecule has 0 aliphatic rings. The molecule has 0 spiro atoms. The molecule has 0 saturated heterocycles. The second-order valence-electron chi connectivity index (χ2n) is 3.51. The molecule has 0 aliphatic heterocycles. The van der Waals surface area contributed by atoms with Crippen LogP contribution in [-0.4, -0.2) is 32.4 Å². The number of aromatic nitrogens is 5. The third-order valence-electron chi connectivity index (χ3n) is 2.29. The molecule has 6 nitrogen and oxygen atoms in total. The van der Waals surface area contributed by atoms with E-state index >= 15 is 0 Å². The van der Waals surface area contributed by atoms with Gasteiger partial charge in [-0.05, 0) is 29.0 Å². The van der Waals surface area contributed by atoms with Gasteiger partial charge in [-0.2, -0.15) is 15.4 Å². The van der Waals surface area contributed by atoms with Gasteiger partial charge in [-0.25, -0.2) is 9.97 Å². The quantitative estimate of drug-likeness (QED) is 0.828. The predicted molar refractivity (Wildman–Crippen MR) is 73.7 cm³/mol. The van der Waals surface area contributed by atoms with Gasteiger partial charge in [0.05, 0.1) is 15.5 Å². The van der Waals surface area contributed by atoms with Gasteiger partial charge in [-0.3, -0.25) is 0 Å². The highest BCUT2D eigenvalue weighted by Crippen LogP contribution is 2.23. The molecular formula is C10H13IN6. The van der Waals surface area contributed by atoms with Crippen LogP contribution in [0.4, 0.5) is 5.82 Å². The summed E-state index contributed by atoms with van der Waals surface area (Å²) in [5, 5.41) is 13.4. The Morgan fingerprint density at radius 2 is 2.24 bits per heavy atom. The van der Waals surface area contributed by atoms with Gasteiger partial charge in [0, 0.05) is 7.05 Å². The van der Waals surface area contributed by atoms with Gasteiger partial charge >= 0.3 is 0 Å². The molecular weight excluding hydrogens is 331 g/mol. The topological polar surface area (TPSA) is 79.4 Å². The molecule has 0 radical (unpaired) electrons. The van der Waals surface area contributed by atoms with E-state index in [1.165, 1.54) is 0 Å². The Morgan fingerprint density at radius 3 is 2.82 bits per heavy atom. The van der Waals surface area contributed by atoms with E-state index in [-0.39, 0.29) is 0 Å². The van der Waals surface area contributed by atoms with Gasteiger partial charge < -0.3 is 5.32 Å². The Kier molecular flexibility index (Phi) is 3.87. The normalized spacial score (nSPS) is 10.5. The first-order valence-electron chi connectivity index (χ1n) is 5.36. The lowest BCUT2D eigenvalue weighted by Gasteiger charge is -2.09. The van der Waals surface area contributed by atoms with Gasteiger partial charge in [0.1, 0.15) is 11.5 Å². The summed E-state index contributed by atoms with van der Waals surface area (Å²) >= 11 is 2.27. The lowest BCUT2D eigenvalue weighted by molar-refractivity contribution is 0.865. The Balaban J connectivity index is 2.50. The third-order valence-corrected chi connectivity index (χ3v) is 3.42. The maximum atomic E-state index is 4.53. The van der Waals surface area contributed by atoms with Crippen molar-refractivity contribution in [1.82, 2.24) is 25.4 Å². The van der Waals surface area contributed by atoms with Crippen LogP contribution in [0.1, 0.15) is 19.0 Å². The Bertz CT molecular complexity index is 496. The van der Waals surface area contributed by atoms with Gasteiger partial charge in [-0.1, -0.05) is 13.3 Å². The molecule has 2 aromatic rings. The van der Waals surface area contributed by atoms with E-state index in [1.807, 2.05) is 7.05 Å². The molecule has 0 bridgehead atoms. The minimum atomic E-state index is 0.604. The first-order valence-corrected chi connectivity index (χ1v) is 6.44. The highest BCUT2D eigenvalue weighted by atomic mass is 127. The van der Waals surface area contributed by atoms with E-state index in [4.69, 9.17) is 0 Å². The van der Waals surface area contributed by atoms with Gasteiger partial charge in [-0.15, -0.1) is 0 Å². The van der Waals surface area contributed by atoms with Crippen LogP contribution >= 0.6 is 22.6 Å². The zero-order chi connectivity index (χ0) is 12.3. The van der Waals surface area contributed by atoms with E-state index in [0.717, 1.165) is 27.9 Å². The van der Waals surface area contributed by atoms with Crippen molar-refractivity contribution in [2.45, 2.75) is 19.8 Å². The fourth-order valence-electron chi connectivity index (χ4n) is 1.49. The molecule has 0 fully saturated rings. The zero-order valence-corrected chi connectivity index (χ0v) is 11.8. The van der Waals surface area contributed by atoms with Crippen molar-refractivity contribution in [2.24, 2.45) is 0 Å². The summed E-state index contributed by atoms with van der Waals surface area (Å²) in [5.74, 6) is 1.44. The number of hydrogen-bond donors (Lipinski definition) is 2. The van der Waals surface area contributed by atoms with Crippen molar-refractivity contribution in [3.05, 3.63) is 15.5 Å². The standard InChI is InChI=1S/C10H13IN6/c1-3-4-6-8(11)10(12-2)15-9(14-6)7-5-13-17-16-7/h5H,3-4H2,1-2H3,(H,12,14,15)(H,13,16,17). The monoisotopic (exact) mass is 344 g/mol. The number of nitrogens with one attached hydrogen (secondary N) is 2. The van der Waals surface area contributed by atoms with Crippen LogP contribution in [0.3, 0.4) is 0 Å². The lowest BCUT2D eigenvalue weighted by atomic mass is 10.2. The number of halogens is 1. The largest absolute Gasteiger partial charge is 0.372 e. The average molecular weight is 344 g/mol. The summed E-state index contributed by atoms with van der Waals surface area (Å²) in [6.07, 6.45) is 3.60. The number of rotatable bonds is 4. The van der Waals surface area contributed by atoms with E-state index in [2.05, 4.69) is 60.2 Å². The summed E-state index contributed by atoms with van der Waals surface area (Å²) in [4.78, 5) is 8.96. The number of H-pyrrole nitrogens is 1. The summed E-state index contributed by atoms with van der Waals surface area (Å²) in [7, 11) is 1.85. The molecule has 0 unspecified atom stereocenters. The average Bonchev–Trinajstić information content (AvgIpc) is 2.85. The molecule has 0 saturated carbocycles. The van der Waals surface area contributed by atoms with Crippen molar-refractivity contribution in [1.29, 1.82) is 0 Å². The van der Waals surface area contributed by atoms with Gasteiger partial charge in [0.25, 0.3) is 0 Å². The Morgan fingerprint density at radius 1 is 1.41 bits per heavy atom. The van der Waals surface area contributed by atoms with Crippen molar-refractivity contribution in [3.63, 3.8) is 0 Å². The number of aryl methyl sites for hydroxylation is 1. The van der Waals surface area contributed by atoms with Crippen molar-refractivity contribution >= 4 is 28.4 Å². The summed E-state index contributed by atoms with van der Waals surface area (Å²) < 4.78 is 1.07. The SMILES string of the molecule is CCCc1nc(-c2cn[nH]n2)nc(NC)c1I. The molecule has 2 N–H and O–H groups in total. The van der Waals surface area contributed by atoms with Crippen LogP contribution in [0.15, 0.2) is 6.20 Å². The van der Waals surface area contributed by atoms with Crippen LogP contribution in [0.2, 0.25) is 0 Å². The molecule has 0 aliphatic carbocycles. The first-order chi connectivity index (χ1) is 8.26. The lowest BCUT2D eigenvalue weighted by Crippen LogP contribution is -2.05. The number of nitrogens with zero attached hydrogens (tertiary/aromatic N) is 4. The van der Waals surface area contributed by atoms with Crippen molar-refractivity contribution in [3.8, 4) is 11.5 Å². The molecule has 0 atom stereocenters. The van der Waals surface area contributed by atoms with E-state index in [1.54, 1.807) is 6.20 Å². The van der Waals surface area contributed by atoms with E-state index in [9.17, 15) is 0 Å². The molecule has 17 heavy (non-hydrogen) atoms. The van der Waals surface area contributed by atoms with E-state index < -0.39 is 0 Å². The third kappa shape index (κ3) is 2.54. The number of anilines is 1. The van der Waals surface area contributed by atoms with Crippen LogP contribution in [0.5, 0.6) is 0 Å². The van der Waals surface area contributed by atoms with E-state index in [0.29, 0.717) is 11.5 Å². The second-order valence-corrected chi connectivity index (χ2v) is 4.59. The predicted octanol–water partition coefficient (Wildman–Crippen LogP) is 1.86. The van der Waals surface area contributed by atoms with Crippen molar-refractivity contribution < 1.29 is 0 Å². The molecule has 0 aromatic carbocycles. The number of aromatic amines is 1. The fourth-order valence-corrected chi connectivity index (χ4v) is 2.27. The van der Waals surface area contributed by atoms with Crippen LogP contribution in [0, 0.1) is 3.57 Å². The smallest absolute Gasteiger partial charge is 0.184 e. The maximum absolute atomic E-state index is 4.53. The Hall–Kier alpha value is -1.25. The molecule has 7 heteroatoms. The zero-order valence-electron chi connectivity index (χ0n) is 9.66. The second kappa shape index (κ2) is 5.39. The van der Waals surface area contributed by atoms with Gasteiger partial charge in [0.2, 0.25) is 0 Å². The van der Waals surface area contributed by atoms with Crippen LogP contribution < -0.4 is 5.32 Å². The minimum Gasteiger partial charge on any atom is -0.372 e. The summed E-state index contributed by atoms with van der Waals surface area (Å²) in [5.41, 5.74) is 1.71. The van der Waals surface area contributed by atoms with Gasteiger partial charge in [0.15, 0.2) is 5.82 Å². The Labute approximate surface area is 113 Å². The number of hydrogen-bond acceptors (Lipinski definition) is 5. The molecule has 2 aromatic heterocycles. The summed E-state index contributed by atoms with van der Waals surface area (Å²) in [6, 6.07) is 0.